The summed E-state index contributed by atoms with van der Waals surface area (Å²) in [5.41, 5.74) is 0.570. The monoisotopic (exact) mass is 300 g/mol. The van der Waals surface area contributed by atoms with Crippen LogP contribution in [-0.2, 0) is 16.6 Å². The molecule has 0 bridgehead atoms. The van der Waals surface area contributed by atoms with E-state index in [0.717, 1.165) is 11.1 Å². The Morgan fingerprint density at radius 1 is 1.09 bits per heavy atom. The highest BCUT2D eigenvalue weighted by molar-refractivity contribution is 5.81. The Hall–Kier alpha value is -2.49. The van der Waals surface area contributed by atoms with Crippen LogP contribution in [0.25, 0.3) is 0 Å². The normalized spacial score (nSPS) is 13.2. The van der Waals surface area contributed by atoms with Crippen molar-refractivity contribution < 1.29 is 19.4 Å². The molecule has 0 saturated carbocycles. The minimum atomic E-state index is -1.02. The highest BCUT2D eigenvalue weighted by Gasteiger charge is 2.36. The lowest BCUT2D eigenvalue weighted by atomic mass is 9.77. The summed E-state index contributed by atoms with van der Waals surface area (Å²) in [6.07, 6.45) is 0.333. The first kappa shape index (κ1) is 15.9. The molecule has 1 atom stereocenters. The summed E-state index contributed by atoms with van der Waals surface area (Å²) >= 11 is 0. The van der Waals surface area contributed by atoms with Gasteiger partial charge >= 0.3 is 5.97 Å². The lowest BCUT2D eigenvalue weighted by Gasteiger charge is -2.26. The van der Waals surface area contributed by atoms with Crippen LogP contribution in [0.1, 0.15) is 18.1 Å². The number of carboxylic acid groups (broad SMARTS) is 1. The van der Waals surface area contributed by atoms with Gasteiger partial charge in [-0.25, -0.2) is 0 Å². The van der Waals surface area contributed by atoms with Crippen LogP contribution in [0.2, 0.25) is 0 Å². The zero-order valence-corrected chi connectivity index (χ0v) is 13.0. The number of hydrogen-bond donors (Lipinski definition) is 1. The van der Waals surface area contributed by atoms with Gasteiger partial charge in [-0.05, 0) is 30.5 Å². The third kappa shape index (κ3) is 3.06. The lowest BCUT2D eigenvalue weighted by molar-refractivity contribution is -0.143. The van der Waals surface area contributed by atoms with E-state index in [1.165, 1.54) is 0 Å². The molecule has 1 unspecified atom stereocenters. The minimum absolute atomic E-state index is 0.333. The molecule has 0 fully saturated rings. The molecule has 0 spiro atoms. The average Bonchev–Trinajstić information content (AvgIpc) is 2.55. The summed E-state index contributed by atoms with van der Waals surface area (Å²) < 4.78 is 10.6. The van der Waals surface area contributed by atoms with Crippen LogP contribution in [-0.4, -0.2) is 25.3 Å². The van der Waals surface area contributed by atoms with Gasteiger partial charge in [0.05, 0.1) is 19.6 Å². The highest BCUT2D eigenvalue weighted by Crippen LogP contribution is 2.33. The molecule has 0 aliphatic rings. The van der Waals surface area contributed by atoms with Crippen LogP contribution >= 0.6 is 0 Å². The Balaban J connectivity index is 2.43. The van der Waals surface area contributed by atoms with Gasteiger partial charge in [0.2, 0.25) is 0 Å². The Bertz CT molecular complexity index is 651. The summed E-state index contributed by atoms with van der Waals surface area (Å²) in [6.45, 7) is 1.73. The van der Waals surface area contributed by atoms with Crippen LogP contribution < -0.4 is 9.47 Å². The number of benzene rings is 2. The zero-order valence-electron chi connectivity index (χ0n) is 13.0. The molecule has 0 heterocycles. The predicted octanol–water partition coefficient (Wildman–Crippen LogP) is 3.29. The molecule has 22 heavy (non-hydrogen) atoms. The van der Waals surface area contributed by atoms with Gasteiger partial charge in [0.25, 0.3) is 0 Å². The van der Waals surface area contributed by atoms with Crippen LogP contribution in [0.4, 0.5) is 0 Å². The number of carbonyl (C=O) groups is 1. The number of ether oxygens (including phenoxy) is 2. The maximum Gasteiger partial charge on any atom is 0.314 e. The van der Waals surface area contributed by atoms with Gasteiger partial charge in [0.15, 0.2) is 0 Å². The third-order valence-corrected chi connectivity index (χ3v) is 3.92. The second-order valence-electron chi connectivity index (χ2n) is 5.36. The summed E-state index contributed by atoms with van der Waals surface area (Å²) in [5, 5.41) is 9.75. The molecule has 2 rings (SSSR count). The highest BCUT2D eigenvalue weighted by atomic mass is 16.5. The Morgan fingerprint density at radius 3 is 2.32 bits per heavy atom. The van der Waals surface area contributed by atoms with Crippen LogP contribution in [0.5, 0.6) is 11.5 Å². The van der Waals surface area contributed by atoms with Gasteiger partial charge in [-0.3, -0.25) is 4.79 Å². The molecular weight excluding hydrogens is 280 g/mol. The number of hydrogen-bond acceptors (Lipinski definition) is 3. The van der Waals surface area contributed by atoms with Gasteiger partial charge in [-0.2, -0.15) is 0 Å². The maximum absolute atomic E-state index is 11.9. The number of carboxylic acids is 1. The van der Waals surface area contributed by atoms with Crippen molar-refractivity contribution in [3.63, 3.8) is 0 Å². The van der Waals surface area contributed by atoms with Gasteiger partial charge in [0.1, 0.15) is 11.5 Å². The number of rotatable bonds is 6. The van der Waals surface area contributed by atoms with Crippen molar-refractivity contribution in [1.82, 2.24) is 0 Å². The molecule has 4 heteroatoms. The second kappa shape index (κ2) is 6.52. The quantitative estimate of drug-likeness (QED) is 0.889. The van der Waals surface area contributed by atoms with Gasteiger partial charge < -0.3 is 14.6 Å². The van der Waals surface area contributed by atoms with E-state index in [0.29, 0.717) is 17.9 Å². The van der Waals surface area contributed by atoms with E-state index >= 15 is 0 Å². The van der Waals surface area contributed by atoms with Crippen molar-refractivity contribution >= 4 is 5.97 Å². The first-order valence-electron chi connectivity index (χ1n) is 7.01. The van der Waals surface area contributed by atoms with Crippen LogP contribution in [0, 0.1) is 0 Å². The van der Waals surface area contributed by atoms with Crippen molar-refractivity contribution in [3.05, 3.63) is 59.7 Å². The molecule has 116 valence electrons. The van der Waals surface area contributed by atoms with Crippen molar-refractivity contribution in [2.24, 2.45) is 0 Å². The van der Waals surface area contributed by atoms with Crippen LogP contribution in [0.15, 0.2) is 48.5 Å². The van der Waals surface area contributed by atoms with Crippen molar-refractivity contribution in [3.8, 4) is 11.5 Å². The summed E-state index contributed by atoms with van der Waals surface area (Å²) in [6, 6.07) is 14.7. The van der Waals surface area contributed by atoms with Crippen molar-refractivity contribution in [2.45, 2.75) is 18.8 Å². The zero-order chi connectivity index (χ0) is 16.2. The maximum atomic E-state index is 11.9. The summed E-state index contributed by atoms with van der Waals surface area (Å²) in [5.74, 6) is 0.441. The van der Waals surface area contributed by atoms with E-state index in [9.17, 15) is 9.90 Å². The fourth-order valence-electron chi connectivity index (χ4n) is 2.49. The molecule has 2 aromatic rings. The van der Waals surface area contributed by atoms with Crippen molar-refractivity contribution in [2.75, 3.05) is 14.2 Å². The predicted molar refractivity (Wildman–Crippen MR) is 84.7 cm³/mol. The van der Waals surface area contributed by atoms with Gasteiger partial charge in [-0.1, -0.05) is 36.4 Å². The molecule has 0 amide bonds. The smallest absolute Gasteiger partial charge is 0.314 e. The van der Waals surface area contributed by atoms with E-state index in [1.54, 1.807) is 27.2 Å². The molecule has 0 radical (unpaired) electrons. The average molecular weight is 300 g/mol. The molecule has 0 aromatic heterocycles. The fourth-order valence-corrected chi connectivity index (χ4v) is 2.49. The van der Waals surface area contributed by atoms with E-state index in [2.05, 4.69) is 0 Å². The van der Waals surface area contributed by atoms with Crippen molar-refractivity contribution in [1.29, 1.82) is 0 Å². The van der Waals surface area contributed by atoms with E-state index in [-0.39, 0.29) is 0 Å². The first-order valence-corrected chi connectivity index (χ1v) is 7.01. The third-order valence-electron chi connectivity index (χ3n) is 3.92. The molecule has 0 saturated heterocycles. The molecular formula is C18H20O4. The summed E-state index contributed by atoms with van der Waals surface area (Å²) in [4.78, 5) is 11.9. The van der Waals surface area contributed by atoms with Crippen LogP contribution in [0.3, 0.4) is 0 Å². The molecule has 2 aromatic carbocycles. The summed E-state index contributed by atoms with van der Waals surface area (Å²) in [7, 11) is 3.15. The van der Waals surface area contributed by atoms with E-state index in [1.807, 2.05) is 42.5 Å². The Morgan fingerprint density at radius 2 is 1.77 bits per heavy atom. The van der Waals surface area contributed by atoms with Gasteiger partial charge in [0, 0.05) is 6.07 Å². The Kier molecular flexibility index (Phi) is 4.71. The second-order valence-corrected chi connectivity index (χ2v) is 5.36. The minimum Gasteiger partial charge on any atom is -0.497 e. The topological polar surface area (TPSA) is 55.8 Å². The molecule has 1 N–H and O–H groups in total. The van der Waals surface area contributed by atoms with E-state index in [4.69, 9.17) is 9.47 Å². The number of aliphatic carboxylic acids is 1. The fraction of sp³-hybridized carbons (Fsp3) is 0.278. The van der Waals surface area contributed by atoms with Gasteiger partial charge in [-0.15, -0.1) is 0 Å². The number of methoxy groups -OCH3 is 2. The standard InChI is InChI=1S/C18H20O4/c1-18(17(19)20,14-7-5-4-6-8-14)12-13-9-10-15(21-2)11-16(13)22-3/h4-11H,12H2,1-3H3,(H,19,20). The lowest BCUT2D eigenvalue weighted by Crippen LogP contribution is -2.34. The largest absolute Gasteiger partial charge is 0.497 e. The molecule has 0 aliphatic heterocycles. The molecule has 4 nitrogen and oxygen atoms in total. The SMILES string of the molecule is COc1ccc(CC(C)(C(=O)O)c2ccccc2)c(OC)c1. The molecule has 0 aliphatic carbocycles. The first-order chi connectivity index (χ1) is 10.5. The Labute approximate surface area is 130 Å². The van der Waals surface area contributed by atoms with E-state index < -0.39 is 11.4 Å².